The molecule has 0 fully saturated rings. The third kappa shape index (κ3) is 2.38. The Kier molecular flexibility index (Phi) is 3.17. The first-order chi connectivity index (χ1) is 9.55. The zero-order valence-electron chi connectivity index (χ0n) is 10.5. The monoisotopic (exact) mass is 279 g/mol. The maximum atomic E-state index is 12.8. The van der Waals surface area contributed by atoms with Gasteiger partial charge in [0.25, 0.3) is 0 Å². The fourth-order valence-electron chi connectivity index (χ4n) is 2.36. The van der Waals surface area contributed by atoms with Crippen LogP contribution >= 0.6 is 0 Å². The molecule has 0 radical (unpaired) electrons. The van der Waals surface area contributed by atoms with Crippen LogP contribution in [-0.4, -0.2) is 16.5 Å². The normalized spacial score (nSPS) is 14.9. The molecule has 1 aliphatic rings. The van der Waals surface area contributed by atoms with E-state index in [0.717, 1.165) is 36.4 Å². The van der Waals surface area contributed by atoms with E-state index in [-0.39, 0.29) is 0 Å². The van der Waals surface area contributed by atoms with Crippen LogP contribution in [0.3, 0.4) is 0 Å². The summed E-state index contributed by atoms with van der Waals surface area (Å²) in [7, 11) is 0. The summed E-state index contributed by atoms with van der Waals surface area (Å²) in [5.41, 5.74) is 2.19. The van der Waals surface area contributed by atoms with Crippen molar-refractivity contribution in [2.24, 2.45) is 0 Å². The van der Waals surface area contributed by atoms with Crippen LogP contribution in [0.5, 0.6) is 0 Å². The zero-order valence-corrected chi connectivity index (χ0v) is 10.5. The van der Waals surface area contributed by atoms with Gasteiger partial charge in [-0.15, -0.1) is 0 Å². The van der Waals surface area contributed by atoms with E-state index in [4.69, 9.17) is 0 Å². The summed E-state index contributed by atoms with van der Waals surface area (Å²) in [6.07, 6.45) is -2.16. The van der Waals surface area contributed by atoms with Crippen LogP contribution in [0.1, 0.15) is 16.8 Å². The lowest BCUT2D eigenvalue weighted by molar-refractivity contribution is -0.137. The molecule has 0 unspecified atom stereocenters. The third-order valence-electron chi connectivity index (χ3n) is 3.34. The molecule has 6 heteroatoms. The summed E-state index contributed by atoms with van der Waals surface area (Å²) < 4.78 is 38.3. The van der Waals surface area contributed by atoms with Crippen molar-refractivity contribution < 1.29 is 13.2 Å². The van der Waals surface area contributed by atoms with E-state index in [2.05, 4.69) is 15.3 Å². The highest BCUT2D eigenvalue weighted by atomic mass is 19.4. The molecule has 0 spiro atoms. The zero-order chi connectivity index (χ0) is 14.2. The highest BCUT2D eigenvalue weighted by molar-refractivity contribution is 5.65. The predicted octanol–water partition coefficient (Wildman–Crippen LogP) is 2.81. The molecule has 3 nitrogen and oxygen atoms in total. The lowest BCUT2D eigenvalue weighted by Gasteiger charge is -2.19. The Balaban J connectivity index is 2.10. The second-order valence-corrected chi connectivity index (χ2v) is 4.65. The molecule has 1 N–H and O–H groups in total. The van der Waals surface area contributed by atoms with E-state index < -0.39 is 11.7 Å². The number of rotatable bonds is 1. The van der Waals surface area contributed by atoms with E-state index in [1.54, 1.807) is 6.07 Å². The van der Waals surface area contributed by atoms with Crippen LogP contribution in [0.4, 0.5) is 13.2 Å². The molecule has 20 heavy (non-hydrogen) atoms. The van der Waals surface area contributed by atoms with Crippen molar-refractivity contribution in [2.45, 2.75) is 19.1 Å². The van der Waals surface area contributed by atoms with Gasteiger partial charge in [0.1, 0.15) is 6.33 Å². The molecule has 104 valence electrons. The molecule has 0 bridgehead atoms. The second kappa shape index (κ2) is 4.86. The summed E-state index contributed by atoms with van der Waals surface area (Å²) in [5, 5.41) is 3.19. The first-order valence-electron chi connectivity index (χ1n) is 6.27. The topological polar surface area (TPSA) is 37.8 Å². The summed E-state index contributed by atoms with van der Waals surface area (Å²) >= 11 is 0. The molecule has 0 saturated carbocycles. The van der Waals surface area contributed by atoms with Crippen LogP contribution < -0.4 is 5.32 Å². The van der Waals surface area contributed by atoms with Crippen LogP contribution in [0.2, 0.25) is 0 Å². The van der Waals surface area contributed by atoms with Gasteiger partial charge < -0.3 is 5.32 Å². The average Bonchev–Trinajstić information content (AvgIpc) is 2.46. The number of alkyl halides is 3. The molecule has 3 rings (SSSR count). The number of benzene rings is 1. The summed E-state index contributed by atoms with van der Waals surface area (Å²) in [4.78, 5) is 8.37. The fourth-order valence-corrected chi connectivity index (χ4v) is 2.36. The maximum Gasteiger partial charge on any atom is 0.416 e. The van der Waals surface area contributed by atoms with E-state index >= 15 is 0 Å². The molecule has 1 aromatic carbocycles. The molecule has 2 aromatic rings. The lowest BCUT2D eigenvalue weighted by atomic mass is 9.99. The number of fused-ring (bicyclic) bond motifs is 1. The van der Waals surface area contributed by atoms with Crippen LogP contribution in [0.15, 0.2) is 30.6 Å². The summed E-state index contributed by atoms with van der Waals surface area (Å²) in [5.74, 6) is 0. The van der Waals surface area contributed by atoms with E-state index in [1.165, 1.54) is 12.4 Å². The smallest absolute Gasteiger partial charge is 0.312 e. The highest BCUT2D eigenvalue weighted by Gasteiger charge is 2.30. The van der Waals surface area contributed by atoms with Gasteiger partial charge in [0, 0.05) is 30.6 Å². The first-order valence-corrected chi connectivity index (χ1v) is 6.27. The Morgan fingerprint density at radius 3 is 2.80 bits per heavy atom. The Hall–Kier alpha value is -1.95. The Morgan fingerprint density at radius 1 is 1.15 bits per heavy atom. The predicted molar refractivity (Wildman–Crippen MR) is 67.9 cm³/mol. The van der Waals surface area contributed by atoms with Crippen molar-refractivity contribution >= 4 is 0 Å². The number of halogens is 3. The number of hydrogen-bond donors (Lipinski definition) is 1. The molecular weight excluding hydrogens is 267 g/mol. The largest absolute Gasteiger partial charge is 0.416 e. The SMILES string of the molecule is FC(F)(F)c1cccc(-c2ncnc3c2CNCC3)c1. The van der Waals surface area contributed by atoms with Gasteiger partial charge in [-0.05, 0) is 12.1 Å². The van der Waals surface area contributed by atoms with Crippen LogP contribution in [0.25, 0.3) is 11.3 Å². The van der Waals surface area contributed by atoms with Crippen molar-refractivity contribution in [2.75, 3.05) is 6.54 Å². The second-order valence-electron chi connectivity index (χ2n) is 4.65. The lowest BCUT2D eigenvalue weighted by Crippen LogP contribution is -2.25. The van der Waals surface area contributed by atoms with Crippen molar-refractivity contribution in [3.63, 3.8) is 0 Å². The van der Waals surface area contributed by atoms with Gasteiger partial charge in [-0.25, -0.2) is 9.97 Å². The molecule has 0 amide bonds. The van der Waals surface area contributed by atoms with Gasteiger partial charge in [0.05, 0.1) is 17.0 Å². The van der Waals surface area contributed by atoms with Gasteiger partial charge in [-0.3, -0.25) is 0 Å². The molecule has 1 aromatic heterocycles. The minimum Gasteiger partial charge on any atom is -0.312 e. The van der Waals surface area contributed by atoms with Gasteiger partial charge in [-0.1, -0.05) is 12.1 Å². The van der Waals surface area contributed by atoms with Crippen molar-refractivity contribution in [3.05, 3.63) is 47.4 Å². The van der Waals surface area contributed by atoms with Crippen molar-refractivity contribution in [1.82, 2.24) is 15.3 Å². The number of hydrogen-bond acceptors (Lipinski definition) is 3. The van der Waals surface area contributed by atoms with Gasteiger partial charge in [0.15, 0.2) is 0 Å². The Bertz CT molecular complexity index is 638. The first kappa shape index (κ1) is 13.1. The molecular formula is C14H12F3N3. The molecule has 0 aliphatic carbocycles. The Labute approximate surface area is 113 Å². The van der Waals surface area contributed by atoms with Crippen molar-refractivity contribution in [3.8, 4) is 11.3 Å². The molecule has 1 aliphatic heterocycles. The molecule has 2 heterocycles. The van der Waals surface area contributed by atoms with Gasteiger partial charge in [-0.2, -0.15) is 13.2 Å². The average molecular weight is 279 g/mol. The minimum absolute atomic E-state index is 0.474. The number of nitrogens with one attached hydrogen (secondary N) is 1. The van der Waals surface area contributed by atoms with E-state index in [9.17, 15) is 13.2 Å². The Morgan fingerprint density at radius 2 is 2.00 bits per heavy atom. The fraction of sp³-hybridized carbons (Fsp3) is 0.286. The summed E-state index contributed by atoms with van der Waals surface area (Å²) in [6.45, 7) is 1.41. The van der Waals surface area contributed by atoms with Crippen LogP contribution in [0, 0.1) is 0 Å². The van der Waals surface area contributed by atoms with Crippen molar-refractivity contribution in [1.29, 1.82) is 0 Å². The molecule has 0 saturated heterocycles. The third-order valence-corrected chi connectivity index (χ3v) is 3.34. The van der Waals surface area contributed by atoms with Crippen LogP contribution in [-0.2, 0) is 19.1 Å². The molecule has 0 atom stereocenters. The van der Waals surface area contributed by atoms with E-state index in [0.29, 0.717) is 17.8 Å². The van der Waals surface area contributed by atoms with E-state index in [1.807, 2.05) is 0 Å². The number of nitrogens with zero attached hydrogens (tertiary/aromatic N) is 2. The minimum atomic E-state index is -4.35. The standard InChI is InChI=1S/C14H12F3N3/c15-14(16,17)10-3-1-2-9(6-10)13-11-7-18-5-4-12(11)19-8-20-13/h1-3,6,8,18H,4-5,7H2. The maximum absolute atomic E-state index is 12.8. The van der Waals surface area contributed by atoms with Gasteiger partial charge in [0.2, 0.25) is 0 Å². The van der Waals surface area contributed by atoms with Gasteiger partial charge >= 0.3 is 6.18 Å². The highest BCUT2D eigenvalue weighted by Crippen LogP contribution is 2.33. The quantitative estimate of drug-likeness (QED) is 0.872. The number of aromatic nitrogens is 2. The summed E-state index contributed by atoms with van der Waals surface area (Å²) in [6, 6.07) is 5.25.